The molecule has 0 amide bonds. The van der Waals surface area contributed by atoms with Crippen molar-refractivity contribution in [1.29, 1.82) is 0 Å². The summed E-state index contributed by atoms with van der Waals surface area (Å²) in [5, 5.41) is 9.69. The Labute approximate surface area is 124 Å². The molecule has 0 aliphatic heterocycles. The van der Waals surface area contributed by atoms with Crippen LogP contribution in [-0.2, 0) is 13.4 Å². The number of imidazole rings is 1. The molecule has 0 radical (unpaired) electrons. The molecule has 1 aromatic heterocycles. The van der Waals surface area contributed by atoms with Crippen molar-refractivity contribution < 1.29 is 18.3 Å². The minimum absolute atomic E-state index is 0.0468. The first-order chi connectivity index (χ1) is 9.96. The first-order valence-corrected chi connectivity index (χ1v) is 7.18. The third kappa shape index (κ3) is 3.41. The Hall–Kier alpha value is -1.47. The molecule has 2 rings (SSSR count). The predicted octanol–water partition coefficient (Wildman–Crippen LogP) is 3.86. The smallest absolute Gasteiger partial charge is 0.166 e. The molecule has 0 fully saturated rings. The predicted molar refractivity (Wildman–Crippen MR) is 73.8 cm³/mol. The maximum Gasteiger partial charge on any atom is 0.166 e. The van der Waals surface area contributed by atoms with E-state index >= 15 is 0 Å². The molecule has 0 unspecified atom stereocenters. The van der Waals surface area contributed by atoms with Crippen LogP contribution in [0.4, 0.5) is 13.2 Å². The van der Waals surface area contributed by atoms with E-state index in [0.717, 1.165) is 17.8 Å². The minimum Gasteiger partial charge on any atom is -0.388 e. The van der Waals surface area contributed by atoms with E-state index in [2.05, 4.69) is 4.98 Å². The summed E-state index contributed by atoms with van der Waals surface area (Å²) in [6.45, 7) is 2.51. The summed E-state index contributed by atoms with van der Waals surface area (Å²) in [5.41, 5.74) is 0.594. The first-order valence-electron chi connectivity index (χ1n) is 6.36. The number of alkyl halides is 1. The summed E-state index contributed by atoms with van der Waals surface area (Å²) >= 11 is 1.05. The molecule has 0 spiro atoms. The summed E-state index contributed by atoms with van der Waals surface area (Å²) in [7, 11) is 0. The number of nitrogens with zero attached hydrogens (tertiary/aromatic N) is 2. The van der Waals surface area contributed by atoms with E-state index in [9.17, 15) is 18.3 Å². The maximum atomic E-state index is 13.2. The topological polar surface area (TPSA) is 38.1 Å². The molecule has 21 heavy (non-hydrogen) atoms. The summed E-state index contributed by atoms with van der Waals surface area (Å²) in [4.78, 5) is 4.50. The summed E-state index contributed by atoms with van der Waals surface area (Å²) in [6, 6.07) is 3.16. The van der Waals surface area contributed by atoms with E-state index in [1.54, 1.807) is 0 Å². The van der Waals surface area contributed by atoms with E-state index in [0.29, 0.717) is 15.6 Å². The van der Waals surface area contributed by atoms with Gasteiger partial charge in [0.2, 0.25) is 0 Å². The van der Waals surface area contributed by atoms with Crippen LogP contribution in [0.2, 0.25) is 0 Å². The molecule has 0 atom stereocenters. The number of halogens is 3. The second kappa shape index (κ2) is 6.53. The van der Waals surface area contributed by atoms with Crippen LogP contribution < -0.4 is 0 Å². The van der Waals surface area contributed by atoms with Crippen molar-refractivity contribution in [2.45, 2.75) is 43.1 Å². The van der Waals surface area contributed by atoms with Crippen molar-refractivity contribution >= 4 is 11.8 Å². The summed E-state index contributed by atoms with van der Waals surface area (Å²) < 4.78 is 40.9. The minimum atomic E-state index is -0.811. The highest BCUT2D eigenvalue weighted by molar-refractivity contribution is 7.99. The zero-order valence-electron chi connectivity index (χ0n) is 11.6. The number of aliphatic hydroxyl groups excluding tert-OH is 1. The molecular weight excluding hydrogens is 301 g/mol. The Morgan fingerprint density at radius 2 is 1.86 bits per heavy atom. The Morgan fingerprint density at radius 1 is 1.24 bits per heavy atom. The van der Waals surface area contributed by atoms with Crippen LogP contribution in [-0.4, -0.2) is 14.7 Å². The van der Waals surface area contributed by atoms with Crippen molar-refractivity contribution in [3.8, 4) is 0 Å². The van der Waals surface area contributed by atoms with Gasteiger partial charge < -0.3 is 9.67 Å². The molecule has 7 heteroatoms. The zero-order chi connectivity index (χ0) is 15.6. The second-order valence-corrected chi connectivity index (χ2v) is 5.85. The van der Waals surface area contributed by atoms with Gasteiger partial charge in [-0.25, -0.2) is 18.2 Å². The molecular formula is C14H15F3N2OS. The third-order valence-corrected chi connectivity index (χ3v) is 3.88. The fourth-order valence-electron chi connectivity index (χ4n) is 2.08. The monoisotopic (exact) mass is 316 g/mol. The van der Waals surface area contributed by atoms with Crippen LogP contribution >= 0.6 is 11.8 Å². The zero-order valence-corrected chi connectivity index (χ0v) is 12.4. The number of aliphatic hydroxyl groups is 1. The number of hydrogen-bond acceptors (Lipinski definition) is 3. The van der Waals surface area contributed by atoms with Gasteiger partial charge in [0.1, 0.15) is 29.1 Å². The molecule has 0 bridgehead atoms. The Bertz CT molecular complexity index is 623. The quantitative estimate of drug-likeness (QED) is 0.910. The van der Waals surface area contributed by atoms with E-state index < -0.39 is 25.0 Å². The lowest BCUT2D eigenvalue weighted by atomic mass is 10.1. The van der Waals surface area contributed by atoms with Crippen molar-refractivity contribution in [2.24, 2.45) is 0 Å². The van der Waals surface area contributed by atoms with Gasteiger partial charge in [0.25, 0.3) is 0 Å². The first kappa shape index (κ1) is 15.9. The van der Waals surface area contributed by atoms with Crippen LogP contribution in [0.5, 0.6) is 0 Å². The lowest BCUT2D eigenvalue weighted by Crippen LogP contribution is -2.06. The molecule has 0 saturated heterocycles. The van der Waals surface area contributed by atoms with Gasteiger partial charge in [-0.3, -0.25) is 0 Å². The van der Waals surface area contributed by atoms with Gasteiger partial charge in [-0.2, -0.15) is 0 Å². The van der Waals surface area contributed by atoms with Gasteiger partial charge in [-0.05, 0) is 18.1 Å². The molecule has 0 aliphatic rings. The lowest BCUT2D eigenvalue weighted by Gasteiger charge is -2.11. The van der Waals surface area contributed by atoms with E-state index in [1.807, 2.05) is 13.8 Å². The highest BCUT2D eigenvalue weighted by atomic mass is 32.2. The van der Waals surface area contributed by atoms with Gasteiger partial charge in [0.05, 0.1) is 5.69 Å². The van der Waals surface area contributed by atoms with Gasteiger partial charge in [0, 0.05) is 11.0 Å². The molecule has 0 aliphatic carbocycles. The van der Waals surface area contributed by atoms with Gasteiger partial charge >= 0.3 is 0 Å². The van der Waals surface area contributed by atoms with Crippen LogP contribution in [0, 0.1) is 11.6 Å². The van der Waals surface area contributed by atoms with Crippen LogP contribution in [0.15, 0.2) is 28.1 Å². The summed E-state index contributed by atoms with van der Waals surface area (Å²) in [6.07, 6.45) is 0. The highest BCUT2D eigenvalue weighted by Crippen LogP contribution is 2.35. The van der Waals surface area contributed by atoms with E-state index in [4.69, 9.17) is 0 Å². The van der Waals surface area contributed by atoms with Crippen molar-refractivity contribution in [3.63, 3.8) is 0 Å². The molecule has 1 heterocycles. The molecule has 0 saturated carbocycles. The van der Waals surface area contributed by atoms with Crippen LogP contribution in [0.25, 0.3) is 0 Å². The Kier molecular flexibility index (Phi) is 4.95. The maximum absolute atomic E-state index is 13.2. The molecule has 1 N–H and O–H groups in total. The second-order valence-electron chi connectivity index (χ2n) is 4.79. The fourth-order valence-corrected chi connectivity index (χ4v) is 3.24. The van der Waals surface area contributed by atoms with Crippen LogP contribution in [0.1, 0.15) is 31.3 Å². The lowest BCUT2D eigenvalue weighted by molar-refractivity contribution is 0.251. The molecule has 114 valence electrons. The molecule has 3 nitrogen and oxygen atoms in total. The largest absolute Gasteiger partial charge is 0.388 e. The summed E-state index contributed by atoms with van der Waals surface area (Å²) in [5.74, 6) is -1.22. The highest BCUT2D eigenvalue weighted by Gasteiger charge is 2.20. The van der Waals surface area contributed by atoms with E-state index in [-0.39, 0.29) is 11.7 Å². The van der Waals surface area contributed by atoms with Crippen molar-refractivity contribution in [3.05, 3.63) is 41.4 Å². The standard InChI is InChI=1S/C14H15F3N2OS/c1-8(2)13-14(18-12(6-20)19(13)7-15)21-11-4-9(16)3-10(17)5-11/h3-5,8,20H,6-7H2,1-2H3. The van der Waals surface area contributed by atoms with Crippen molar-refractivity contribution in [2.75, 3.05) is 0 Å². The normalized spacial score (nSPS) is 11.4. The fraction of sp³-hybridized carbons (Fsp3) is 0.357. The Balaban J connectivity index is 2.45. The van der Waals surface area contributed by atoms with Crippen molar-refractivity contribution in [1.82, 2.24) is 9.55 Å². The van der Waals surface area contributed by atoms with E-state index in [1.165, 1.54) is 16.7 Å². The third-order valence-electron chi connectivity index (χ3n) is 2.91. The number of aromatic nitrogens is 2. The van der Waals surface area contributed by atoms with Gasteiger partial charge in [-0.1, -0.05) is 25.6 Å². The van der Waals surface area contributed by atoms with Gasteiger partial charge in [-0.15, -0.1) is 0 Å². The molecule has 2 aromatic rings. The number of rotatable bonds is 5. The number of benzene rings is 1. The average molecular weight is 316 g/mol. The molecule has 1 aromatic carbocycles. The van der Waals surface area contributed by atoms with Gasteiger partial charge in [0.15, 0.2) is 6.80 Å². The Morgan fingerprint density at radius 3 is 2.33 bits per heavy atom. The average Bonchev–Trinajstić information content (AvgIpc) is 2.75. The number of hydrogen-bond donors (Lipinski definition) is 1. The SMILES string of the molecule is CC(C)c1c(Sc2cc(F)cc(F)c2)nc(CO)n1CF. The van der Waals surface area contributed by atoms with Crippen LogP contribution in [0.3, 0.4) is 0 Å².